The van der Waals surface area contributed by atoms with Gasteiger partial charge in [-0.25, -0.2) is 4.98 Å². The predicted octanol–water partition coefficient (Wildman–Crippen LogP) is 4.63. The molecule has 1 aromatic carbocycles. The zero-order valence-electron chi connectivity index (χ0n) is 9.37. The Morgan fingerprint density at radius 2 is 2.18 bits per heavy atom. The van der Waals surface area contributed by atoms with E-state index in [1.54, 1.807) is 6.20 Å². The lowest BCUT2D eigenvalue weighted by atomic mass is 10.2. The summed E-state index contributed by atoms with van der Waals surface area (Å²) in [5.74, 6) is 1.35. The van der Waals surface area contributed by atoms with E-state index in [9.17, 15) is 0 Å². The van der Waals surface area contributed by atoms with Gasteiger partial charge in [-0.05, 0) is 52.2 Å². The third-order valence-electron chi connectivity index (χ3n) is 2.40. The Morgan fingerprint density at radius 3 is 2.88 bits per heavy atom. The molecule has 1 N–H and O–H groups in total. The summed E-state index contributed by atoms with van der Waals surface area (Å²) in [5.41, 5.74) is 3.24. The lowest BCUT2D eigenvalue weighted by Gasteiger charge is -2.08. The van der Waals surface area contributed by atoms with Crippen LogP contribution in [0.2, 0.25) is 0 Å². The van der Waals surface area contributed by atoms with E-state index in [1.165, 1.54) is 0 Å². The van der Waals surface area contributed by atoms with Crippen molar-refractivity contribution in [1.29, 1.82) is 0 Å². The van der Waals surface area contributed by atoms with Crippen LogP contribution in [-0.2, 0) is 5.88 Å². The molecule has 0 saturated carbocycles. The number of alkyl halides is 1. The first-order valence-electron chi connectivity index (χ1n) is 5.23. The van der Waals surface area contributed by atoms with Gasteiger partial charge in [0.25, 0.3) is 0 Å². The molecule has 17 heavy (non-hydrogen) atoms. The minimum Gasteiger partial charge on any atom is -0.340 e. The van der Waals surface area contributed by atoms with Gasteiger partial charge >= 0.3 is 0 Å². The summed E-state index contributed by atoms with van der Waals surface area (Å²) >= 11 is 9.23. The van der Waals surface area contributed by atoms with E-state index in [0.29, 0.717) is 5.88 Å². The molecule has 0 saturated heterocycles. The highest BCUT2D eigenvalue weighted by Crippen LogP contribution is 2.21. The normalized spacial score (nSPS) is 10.3. The molecule has 4 heteroatoms. The Bertz CT molecular complexity index is 529. The van der Waals surface area contributed by atoms with E-state index >= 15 is 0 Å². The predicted molar refractivity (Wildman–Crippen MR) is 76.0 cm³/mol. The van der Waals surface area contributed by atoms with Crippen molar-refractivity contribution in [3.05, 3.63) is 52.1 Å². The number of halogens is 2. The second kappa shape index (κ2) is 5.52. The number of aryl methyl sites for hydroxylation is 1. The molecular weight excluding hydrogens is 300 g/mol. The van der Waals surface area contributed by atoms with Gasteiger partial charge < -0.3 is 5.32 Å². The molecule has 0 radical (unpaired) electrons. The number of nitrogens with one attached hydrogen (secondary N) is 1. The van der Waals surface area contributed by atoms with Crippen LogP contribution in [0.25, 0.3) is 0 Å². The van der Waals surface area contributed by atoms with Crippen molar-refractivity contribution in [2.75, 3.05) is 5.32 Å². The summed E-state index contributed by atoms with van der Waals surface area (Å²) in [6.45, 7) is 2.03. The number of nitrogens with zero attached hydrogens (tertiary/aromatic N) is 1. The third-order valence-corrected chi connectivity index (χ3v) is 3.54. The highest BCUT2D eigenvalue weighted by atomic mass is 79.9. The molecule has 2 aromatic rings. The highest BCUT2D eigenvalue weighted by molar-refractivity contribution is 9.10. The molecule has 0 aliphatic rings. The van der Waals surface area contributed by atoms with Crippen LogP contribution < -0.4 is 5.32 Å². The number of anilines is 2. The van der Waals surface area contributed by atoms with E-state index < -0.39 is 0 Å². The number of rotatable bonds is 3. The van der Waals surface area contributed by atoms with E-state index in [-0.39, 0.29) is 0 Å². The third kappa shape index (κ3) is 3.20. The second-order valence-corrected chi connectivity index (χ2v) is 4.90. The quantitative estimate of drug-likeness (QED) is 0.836. The first-order chi connectivity index (χ1) is 8.19. The Kier molecular flexibility index (Phi) is 4.02. The average molecular weight is 312 g/mol. The monoisotopic (exact) mass is 310 g/mol. The molecule has 0 atom stereocenters. The van der Waals surface area contributed by atoms with Crippen LogP contribution in [0.5, 0.6) is 0 Å². The fourth-order valence-electron chi connectivity index (χ4n) is 1.49. The summed E-state index contributed by atoms with van der Waals surface area (Å²) in [6.07, 6.45) is 1.79. The molecule has 1 aromatic heterocycles. The van der Waals surface area contributed by atoms with Crippen LogP contribution in [0.1, 0.15) is 11.1 Å². The fraction of sp³-hybridized carbons (Fsp3) is 0.154. The van der Waals surface area contributed by atoms with E-state index in [1.807, 2.05) is 37.3 Å². The summed E-state index contributed by atoms with van der Waals surface area (Å²) < 4.78 is 1.01. The van der Waals surface area contributed by atoms with Crippen molar-refractivity contribution in [3.8, 4) is 0 Å². The Labute approximate surface area is 114 Å². The van der Waals surface area contributed by atoms with Crippen LogP contribution in [-0.4, -0.2) is 4.98 Å². The number of hydrogen-bond acceptors (Lipinski definition) is 2. The Balaban J connectivity index is 2.22. The van der Waals surface area contributed by atoms with Gasteiger partial charge in [0.2, 0.25) is 0 Å². The van der Waals surface area contributed by atoms with Crippen LogP contribution in [0.4, 0.5) is 11.5 Å². The largest absolute Gasteiger partial charge is 0.340 e. The molecule has 2 nitrogen and oxygen atoms in total. The molecule has 88 valence electrons. The van der Waals surface area contributed by atoms with Crippen LogP contribution in [0.15, 0.2) is 41.0 Å². The average Bonchev–Trinajstić information content (AvgIpc) is 2.34. The summed E-state index contributed by atoms with van der Waals surface area (Å²) in [6, 6.07) is 9.99. The topological polar surface area (TPSA) is 24.9 Å². The summed E-state index contributed by atoms with van der Waals surface area (Å²) in [4.78, 5) is 4.30. The number of aromatic nitrogens is 1. The zero-order valence-corrected chi connectivity index (χ0v) is 11.7. The van der Waals surface area contributed by atoms with E-state index in [0.717, 1.165) is 27.1 Å². The van der Waals surface area contributed by atoms with Crippen molar-refractivity contribution in [2.24, 2.45) is 0 Å². The first kappa shape index (κ1) is 12.4. The molecule has 1 heterocycles. The van der Waals surface area contributed by atoms with Crippen molar-refractivity contribution >= 4 is 39.0 Å². The molecule has 0 fully saturated rings. The van der Waals surface area contributed by atoms with Crippen molar-refractivity contribution < 1.29 is 0 Å². The fourth-order valence-corrected chi connectivity index (χ4v) is 1.87. The maximum Gasteiger partial charge on any atom is 0.130 e. The first-order valence-corrected chi connectivity index (χ1v) is 6.56. The van der Waals surface area contributed by atoms with Gasteiger partial charge in [0.15, 0.2) is 0 Å². The van der Waals surface area contributed by atoms with Gasteiger partial charge in [-0.2, -0.15) is 0 Å². The van der Waals surface area contributed by atoms with Crippen LogP contribution in [0.3, 0.4) is 0 Å². The number of benzene rings is 1. The van der Waals surface area contributed by atoms with Gasteiger partial charge in [-0.3, -0.25) is 0 Å². The molecule has 0 aliphatic heterocycles. The summed E-state index contributed by atoms with van der Waals surface area (Å²) in [7, 11) is 0. The van der Waals surface area contributed by atoms with E-state index in [2.05, 4.69) is 26.2 Å². The maximum atomic E-state index is 5.80. The SMILES string of the molecule is Cc1cc(Nc2cccc(CCl)c2)ncc1Br. The minimum absolute atomic E-state index is 0.516. The van der Waals surface area contributed by atoms with Gasteiger partial charge in [0.05, 0.1) is 0 Å². The van der Waals surface area contributed by atoms with Crippen LogP contribution >= 0.6 is 27.5 Å². The molecule has 0 aliphatic carbocycles. The smallest absolute Gasteiger partial charge is 0.130 e. The molecular formula is C13H12BrClN2. The molecule has 0 bridgehead atoms. The second-order valence-electron chi connectivity index (χ2n) is 3.78. The number of pyridine rings is 1. The zero-order chi connectivity index (χ0) is 12.3. The molecule has 2 rings (SSSR count). The van der Waals surface area contributed by atoms with Gasteiger partial charge in [0, 0.05) is 22.2 Å². The Morgan fingerprint density at radius 1 is 1.35 bits per heavy atom. The van der Waals surface area contributed by atoms with Gasteiger partial charge in [0.1, 0.15) is 5.82 Å². The highest BCUT2D eigenvalue weighted by Gasteiger charge is 2.00. The molecule has 0 unspecified atom stereocenters. The summed E-state index contributed by atoms with van der Waals surface area (Å²) in [5, 5.41) is 3.26. The number of hydrogen-bond donors (Lipinski definition) is 1. The molecule has 0 amide bonds. The van der Waals surface area contributed by atoms with Crippen molar-refractivity contribution in [1.82, 2.24) is 4.98 Å². The standard InChI is InChI=1S/C13H12BrClN2/c1-9-5-13(16-8-12(9)14)17-11-4-2-3-10(6-11)7-15/h2-6,8H,7H2,1H3,(H,16,17). The molecule has 0 spiro atoms. The minimum atomic E-state index is 0.516. The lowest BCUT2D eigenvalue weighted by molar-refractivity contribution is 1.25. The van der Waals surface area contributed by atoms with Gasteiger partial charge in [-0.15, -0.1) is 11.6 Å². The maximum absolute atomic E-state index is 5.80. The van der Waals surface area contributed by atoms with E-state index in [4.69, 9.17) is 11.6 Å². The van der Waals surface area contributed by atoms with Crippen LogP contribution in [0, 0.1) is 6.92 Å². The van der Waals surface area contributed by atoms with Crippen molar-refractivity contribution in [3.63, 3.8) is 0 Å². The van der Waals surface area contributed by atoms with Gasteiger partial charge in [-0.1, -0.05) is 12.1 Å². The Hall–Kier alpha value is -1.06. The van der Waals surface area contributed by atoms with Crippen molar-refractivity contribution in [2.45, 2.75) is 12.8 Å². The lowest BCUT2D eigenvalue weighted by Crippen LogP contribution is -1.94.